The monoisotopic (exact) mass is 516 g/mol. The number of aliphatic hydroxyl groups excluding tert-OH is 1. The molecule has 2 aliphatic rings. The molecule has 1 saturated carbocycles. The Hall–Kier alpha value is -4.43. The molecule has 38 heavy (non-hydrogen) atoms. The Bertz CT molecular complexity index is 1380. The van der Waals surface area contributed by atoms with Gasteiger partial charge >= 0.3 is 0 Å². The van der Waals surface area contributed by atoms with Crippen molar-refractivity contribution in [2.45, 2.75) is 31.0 Å². The third kappa shape index (κ3) is 5.45. The highest BCUT2D eigenvalue weighted by atomic mass is 19.1. The number of ether oxygens (including phenoxy) is 1. The highest BCUT2D eigenvalue weighted by Gasteiger charge is 2.44. The minimum absolute atomic E-state index is 0.127. The summed E-state index contributed by atoms with van der Waals surface area (Å²) < 4.78 is 20.5. The van der Waals surface area contributed by atoms with Crippen LogP contribution in [-0.2, 0) is 9.59 Å². The molecule has 1 saturated heterocycles. The summed E-state index contributed by atoms with van der Waals surface area (Å²) in [4.78, 5) is 38.1. The van der Waals surface area contributed by atoms with Gasteiger partial charge in [-0.25, -0.2) is 14.4 Å². The zero-order chi connectivity index (χ0) is 26.6. The van der Waals surface area contributed by atoms with E-state index in [2.05, 4.69) is 26.3 Å². The van der Waals surface area contributed by atoms with Gasteiger partial charge in [-0.15, -0.1) is 0 Å². The number of likely N-dealkylation sites (tertiary alicyclic amines) is 1. The van der Waals surface area contributed by atoms with E-state index in [4.69, 9.17) is 9.84 Å². The molecule has 0 spiro atoms. The van der Waals surface area contributed by atoms with Crippen molar-refractivity contribution in [1.82, 2.24) is 19.9 Å². The lowest BCUT2D eigenvalue weighted by Crippen LogP contribution is -2.50. The third-order valence-electron chi connectivity index (χ3n) is 6.80. The van der Waals surface area contributed by atoms with E-state index in [1.165, 1.54) is 11.2 Å². The van der Waals surface area contributed by atoms with Crippen LogP contribution in [0, 0.1) is 17.2 Å². The molecule has 2 unspecified atom stereocenters. The summed E-state index contributed by atoms with van der Waals surface area (Å²) in [5, 5.41) is 21.5. The Morgan fingerprint density at radius 2 is 2.13 bits per heavy atom. The molecular weight excluding hydrogens is 491 g/mol. The van der Waals surface area contributed by atoms with Crippen LogP contribution >= 0.6 is 0 Å². The summed E-state index contributed by atoms with van der Waals surface area (Å²) in [6.45, 7) is -0.591. The van der Waals surface area contributed by atoms with E-state index in [0.717, 1.165) is 12.0 Å². The maximum atomic E-state index is 14.7. The summed E-state index contributed by atoms with van der Waals surface area (Å²) in [5.41, 5.74) is 2.33. The number of carbonyl (C=O) groups is 2. The highest BCUT2D eigenvalue weighted by Crippen LogP contribution is 2.47. The Kier molecular flexibility index (Phi) is 7.24. The number of carbonyl (C=O) groups excluding carboxylic acids is 2. The number of rotatable bonds is 7. The molecule has 2 amide bonds. The molecule has 10 nitrogen and oxygen atoms in total. The van der Waals surface area contributed by atoms with E-state index in [1.54, 1.807) is 36.7 Å². The van der Waals surface area contributed by atoms with Gasteiger partial charge < -0.3 is 20.1 Å². The molecule has 4 atom stereocenters. The average molecular weight is 517 g/mol. The van der Waals surface area contributed by atoms with Crippen LogP contribution in [0.4, 0.5) is 10.2 Å². The number of hydrogen-bond acceptors (Lipinski definition) is 8. The fraction of sp³-hybridized carbons (Fsp3) is 0.333. The smallest absolute Gasteiger partial charge is 0.248 e. The number of amides is 2. The number of nitrogens with zero attached hydrogens (tertiary/aromatic N) is 5. The molecule has 1 aliphatic heterocycles. The summed E-state index contributed by atoms with van der Waals surface area (Å²) >= 11 is 0. The van der Waals surface area contributed by atoms with E-state index in [1.807, 2.05) is 12.1 Å². The molecule has 1 aromatic carbocycles. The summed E-state index contributed by atoms with van der Waals surface area (Å²) in [6.07, 6.45) is 3.51. The number of hydrogen-bond donors (Lipinski definition) is 2. The van der Waals surface area contributed by atoms with Gasteiger partial charge in [-0.1, -0.05) is 6.07 Å². The summed E-state index contributed by atoms with van der Waals surface area (Å²) in [5.74, 6) is -0.0884. The molecule has 11 heteroatoms. The van der Waals surface area contributed by atoms with Crippen LogP contribution in [0.15, 0.2) is 55.1 Å². The van der Waals surface area contributed by atoms with Crippen molar-refractivity contribution in [3.05, 3.63) is 66.2 Å². The lowest BCUT2D eigenvalue weighted by atomic mass is 10.0. The molecular formula is C27H25FN6O4. The van der Waals surface area contributed by atoms with Gasteiger partial charge in [0, 0.05) is 42.9 Å². The van der Waals surface area contributed by atoms with Gasteiger partial charge in [0.15, 0.2) is 6.17 Å². The standard InChI is InChI=1S/C27H25FN6O4/c28-21-13-34(26(36)14-35)7-5-24(21)38-23-4-3-16(8-18(23)11-29)22-10-25(32-15-31-22)33-27(37)20-9-19(20)17-2-1-6-30-12-17/h1-4,6,8,10,12,15,19-21,24,35H,5,7,9,13-14H2,(H,31,32,33,37)/t19?,20?,21-,24+/m1/s1. The van der Waals surface area contributed by atoms with Crippen molar-refractivity contribution >= 4 is 17.6 Å². The van der Waals surface area contributed by atoms with Crippen LogP contribution in [-0.4, -0.2) is 68.7 Å². The van der Waals surface area contributed by atoms with Crippen LogP contribution < -0.4 is 10.1 Å². The molecule has 3 heterocycles. The quantitative estimate of drug-likeness (QED) is 0.488. The van der Waals surface area contributed by atoms with Gasteiger partial charge in [0.05, 0.1) is 17.8 Å². The second-order valence-electron chi connectivity index (χ2n) is 9.29. The number of benzene rings is 1. The molecule has 5 rings (SSSR count). The first-order valence-corrected chi connectivity index (χ1v) is 12.2. The molecule has 0 radical (unpaired) electrons. The molecule has 194 valence electrons. The zero-order valence-corrected chi connectivity index (χ0v) is 20.3. The van der Waals surface area contributed by atoms with Crippen LogP contribution in [0.1, 0.15) is 29.9 Å². The van der Waals surface area contributed by atoms with Gasteiger partial charge in [-0.05, 0) is 42.2 Å². The van der Waals surface area contributed by atoms with Gasteiger partial charge in [-0.3, -0.25) is 14.6 Å². The second kappa shape index (κ2) is 10.9. The van der Waals surface area contributed by atoms with Crippen molar-refractivity contribution < 1.29 is 23.8 Å². The van der Waals surface area contributed by atoms with E-state index in [-0.39, 0.29) is 48.6 Å². The number of nitrogens with one attached hydrogen (secondary N) is 1. The van der Waals surface area contributed by atoms with E-state index in [0.29, 0.717) is 17.1 Å². The number of nitriles is 1. The number of anilines is 1. The topological polar surface area (TPSA) is 141 Å². The molecule has 2 N–H and O–H groups in total. The Morgan fingerprint density at radius 3 is 2.87 bits per heavy atom. The van der Waals surface area contributed by atoms with Crippen LogP contribution in [0.25, 0.3) is 11.3 Å². The maximum absolute atomic E-state index is 14.7. The number of pyridine rings is 1. The number of halogens is 1. The van der Waals surface area contributed by atoms with Gasteiger partial charge in [-0.2, -0.15) is 5.26 Å². The molecule has 2 aromatic heterocycles. The number of aliphatic hydroxyl groups is 1. The predicted octanol–water partition coefficient (Wildman–Crippen LogP) is 2.46. The molecule has 3 aromatic rings. The Morgan fingerprint density at radius 1 is 1.26 bits per heavy atom. The van der Waals surface area contributed by atoms with Crippen LogP contribution in [0.5, 0.6) is 5.75 Å². The van der Waals surface area contributed by atoms with Crippen molar-refractivity contribution in [2.24, 2.45) is 5.92 Å². The fourth-order valence-corrected chi connectivity index (χ4v) is 4.64. The lowest BCUT2D eigenvalue weighted by Gasteiger charge is -2.34. The lowest BCUT2D eigenvalue weighted by molar-refractivity contribution is -0.138. The van der Waals surface area contributed by atoms with Crippen molar-refractivity contribution in [3.63, 3.8) is 0 Å². The fourth-order valence-electron chi connectivity index (χ4n) is 4.64. The third-order valence-corrected chi connectivity index (χ3v) is 6.80. The first-order chi connectivity index (χ1) is 18.5. The average Bonchev–Trinajstić information content (AvgIpc) is 3.76. The zero-order valence-electron chi connectivity index (χ0n) is 20.3. The maximum Gasteiger partial charge on any atom is 0.248 e. The molecule has 1 aliphatic carbocycles. The summed E-state index contributed by atoms with van der Waals surface area (Å²) in [6, 6.07) is 12.4. The molecule has 2 fully saturated rings. The predicted molar refractivity (Wildman–Crippen MR) is 133 cm³/mol. The van der Waals surface area contributed by atoms with Crippen molar-refractivity contribution in [2.75, 3.05) is 25.0 Å². The number of aromatic nitrogens is 3. The first kappa shape index (κ1) is 25.2. The van der Waals surface area contributed by atoms with E-state index >= 15 is 0 Å². The van der Waals surface area contributed by atoms with E-state index in [9.17, 15) is 19.2 Å². The van der Waals surface area contributed by atoms with Crippen LogP contribution in [0.2, 0.25) is 0 Å². The van der Waals surface area contributed by atoms with Gasteiger partial charge in [0.2, 0.25) is 11.8 Å². The normalized spacial score (nSPS) is 22.3. The SMILES string of the molecule is N#Cc1cc(-c2cc(NC(=O)C3CC3c3cccnc3)ncn2)ccc1O[C@H]1CCN(C(=O)CO)C[C@H]1F. The first-order valence-electron chi connectivity index (χ1n) is 12.2. The summed E-state index contributed by atoms with van der Waals surface area (Å²) in [7, 11) is 0. The van der Waals surface area contributed by atoms with Gasteiger partial charge in [0.1, 0.15) is 36.7 Å². The minimum atomic E-state index is -1.46. The Labute approximate surface area is 218 Å². The minimum Gasteiger partial charge on any atom is -0.486 e. The Balaban J connectivity index is 1.25. The van der Waals surface area contributed by atoms with Crippen molar-refractivity contribution in [3.8, 4) is 23.1 Å². The highest BCUT2D eigenvalue weighted by molar-refractivity contribution is 5.94. The largest absolute Gasteiger partial charge is 0.486 e. The second-order valence-corrected chi connectivity index (χ2v) is 9.29. The molecule has 0 bridgehead atoms. The van der Waals surface area contributed by atoms with Crippen molar-refractivity contribution in [1.29, 1.82) is 5.26 Å². The van der Waals surface area contributed by atoms with Gasteiger partial charge in [0.25, 0.3) is 0 Å². The number of alkyl halides is 1. The van der Waals surface area contributed by atoms with E-state index < -0.39 is 24.8 Å². The van der Waals surface area contributed by atoms with Crippen LogP contribution in [0.3, 0.4) is 0 Å². The number of piperidine rings is 1.